The monoisotopic (exact) mass is 193 g/mol. The number of nitrogens with two attached hydrogens (primary N) is 1. The quantitative estimate of drug-likeness (QED) is 0.767. The Bertz CT molecular complexity index is 375. The summed E-state index contributed by atoms with van der Waals surface area (Å²) in [6.45, 7) is 1.98. The van der Waals surface area contributed by atoms with Crippen LogP contribution in [0.3, 0.4) is 0 Å². The highest BCUT2D eigenvalue weighted by Gasteiger charge is 2.06. The highest BCUT2D eigenvalue weighted by atomic mass is 32.1. The van der Waals surface area contributed by atoms with Gasteiger partial charge in [0.2, 0.25) is 0 Å². The smallest absolute Gasteiger partial charge is 0.147 e. The lowest BCUT2D eigenvalue weighted by Crippen LogP contribution is -2.01. The second-order valence-corrected chi connectivity index (χ2v) is 4.04. The number of nitrogens with one attached hydrogen (secondary N) is 1. The van der Waals surface area contributed by atoms with Gasteiger partial charge in [0.1, 0.15) is 5.82 Å². The summed E-state index contributed by atoms with van der Waals surface area (Å²) in [4.78, 5) is 9.56. The van der Waals surface area contributed by atoms with E-state index in [4.69, 9.17) is 5.73 Å². The maximum Gasteiger partial charge on any atom is 0.147 e. The van der Waals surface area contributed by atoms with Gasteiger partial charge in [0.15, 0.2) is 0 Å². The molecule has 2 heterocycles. The molecule has 0 aliphatic carbocycles. The minimum atomic E-state index is 0.105. The number of hydrogen-bond acceptors (Lipinski definition) is 3. The second kappa shape index (κ2) is 3.32. The van der Waals surface area contributed by atoms with Crippen LogP contribution in [0.4, 0.5) is 0 Å². The molecule has 68 valence electrons. The first-order valence-corrected chi connectivity index (χ1v) is 4.94. The van der Waals surface area contributed by atoms with E-state index in [9.17, 15) is 0 Å². The molecule has 2 rings (SSSR count). The van der Waals surface area contributed by atoms with Crippen LogP contribution in [0, 0.1) is 0 Å². The van der Waals surface area contributed by atoms with Gasteiger partial charge in [0.05, 0.1) is 4.88 Å². The number of hydrogen-bond donors (Lipinski definition) is 2. The third kappa shape index (κ3) is 1.64. The SMILES string of the molecule is CC(N)c1ccc(-c2ncc[nH]2)s1. The average Bonchev–Trinajstić information content (AvgIpc) is 2.75. The molecule has 1 atom stereocenters. The van der Waals surface area contributed by atoms with E-state index in [-0.39, 0.29) is 6.04 Å². The molecule has 0 aliphatic rings. The topological polar surface area (TPSA) is 54.7 Å². The number of thiophene rings is 1. The Balaban J connectivity index is 2.33. The van der Waals surface area contributed by atoms with Gasteiger partial charge in [-0.15, -0.1) is 11.3 Å². The van der Waals surface area contributed by atoms with Crippen LogP contribution in [-0.4, -0.2) is 9.97 Å². The highest BCUT2D eigenvalue weighted by molar-refractivity contribution is 7.15. The van der Waals surface area contributed by atoms with Crippen molar-refractivity contribution >= 4 is 11.3 Å². The molecule has 0 saturated heterocycles. The van der Waals surface area contributed by atoms with Gasteiger partial charge in [-0.2, -0.15) is 0 Å². The third-order valence-corrected chi connectivity index (χ3v) is 3.10. The zero-order valence-electron chi connectivity index (χ0n) is 7.32. The summed E-state index contributed by atoms with van der Waals surface area (Å²) >= 11 is 1.68. The molecule has 0 saturated carbocycles. The van der Waals surface area contributed by atoms with Gasteiger partial charge in [0.25, 0.3) is 0 Å². The zero-order valence-corrected chi connectivity index (χ0v) is 8.14. The predicted molar refractivity (Wildman–Crippen MR) is 54.5 cm³/mol. The van der Waals surface area contributed by atoms with Gasteiger partial charge in [-0.3, -0.25) is 0 Å². The Morgan fingerprint density at radius 3 is 2.92 bits per heavy atom. The van der Waals surface area contributed by atoms with Crippen LogP contribution in [0.1, 0.15) is 17.8 Å². The fraction of sp³-hybridized carbons (Fsp3) is 0.222. The molecule has 2 aromatic heterocycles. The summed E-state index contributed by atoms with van der Waals surface area (Å²) in [7, 11) is 0. The Kier molecular flexibility index (Phi) is 2.16. The Morgan fingerprint density at radius 1 is 1.54 bits per heavy atom. The van der Waals surface area contributed by atoms with Gasteiger partial charge in [0, 0.05) is 23.3 Å². The van der Waals surface area contributed by atoms with E-state index in [1.54, 1.807) is 17.5 Å². The summed E-state index contributed by atoms with van der Waals surface area (Å²) in [5.74, 6) is 0.914. The molecule has 0 aliphatic heterocycles. The molecule has 4 heteroatoms. The molecule has 3 nitrogen and oxygen atoms in total. The first kappa shape index (κ1) is 8.47. The molecule has 0 amide bonds. The number of H-pyrrole nitrogens is 1. The molecule has 0 fully saturated rings. The van der Waals surface area contributed by atoms with Crippen molar-refractivity contribution in [1.29, 1.82) is 0 Å². The summed E-state index contributed by atoms with van der Waals surface area (Å²) in [5, 5.41) is 0. The molecule has 0 bridgehead atoms. The minimum Gasteiger partial charge on any atom is -0.344 e. The largest absolute Gasteiger partial charge is 0.344 e. The Morgan fingerprint density at radius 2 is 2.38 bits per heavy atom. The predicted octanol–water partition coefficient (Wildman–Crippen LogP) is 2.16. The molecule has 13 heavy (non-hydrogen) atoms. The molecule has 0 spiro atoms. The average molecular weight is 193 g/mol. The van der Waals surface area contributed by atoms with E-state index in [2.05, 4.69) is 9.97 Å². The molecular formula is C9H11N3S. The van der Waals surface area contributed by atoms with Gasteiger partial charge < -0.3 is 10.7 Å². The molecular weight excluding hydrogens is 182 g/mol. The number of nitrogens with zero attached hydrogens (tertiary/aromatic N) is 1. The summed E-state index contributed by atoms with van der Waals surface area (Å²) in [6, 6.07) is 4.20. The van der Waals surface area contributed by atoms with Crippen molar-refractivity contribution in [3.05, 3.63) is 29.4 Å². The molecule has 2 aromatic rings. The lowest BCUT2D eigenvalue weighted by Gasteiger charge is -1.97. The van der Waals surface area contributed by atoms with E-state index in [0.29, 0.717) is 0 Å². The van der Waals surface area contributed by atoms with Crippen molar-refractivity contribution in [3.8, 4) is 10.7 Å². The van der Waals surface area contributed by atoms with Crippen LogP contribution in [0.25, 0.3) is 10.7 Å². The fourth-order valence-corrected chi connectivity index (χ4v) is 2.05. The van der Waals surface area contributed by atoms with Crippen LogP contribution < -0.4 is 5.73 Å². The Labute approximate surface area is 80.6 Å². The second-order valence-electron chi connectivity index (χ2n) is 2.93. The zero-order chi connectivity index (χ0) is 9.26. The number of imidazole rings is 1. The molecule has 0 aromatic carbocycles. The Hall–Kier alpha value is -1.13. The van der Waals surface area contributed by atoms with Crippen LogP contribution in [-0.2, 0) is 0 Å². The van der Waals surface area contributed by atoms with Crippen molar-refractivity contribution in [2.24, 2.45) is 5.73 Å². The van der Waals surface area contributed by atoms with Gasteiger partial charge in [-0.1, -0.05) is 0 Å². The van der Waals surface area contributed by atoms with E-state index >= 15 is 0 Å². The van der Waals surface area contributed by atoms with Gasteiger partial charge in [-0.05, 0) is 19.1 Å². The number of rotatable bonds is 2. The van der Waals surface area contributed by atoms with Crippen molar-refractivity contribution < 1.29 is 0 Å². The van der Waals surface area contributed by atoms with E-state index < -0.39 is 0 Å². The maximum atomic E-state index is 5.76. The third-order valence-electron chi connectivity index (χ3n) is 1.81. The normalized spacial score (nSPS) is 13.1. The van der Waals surface area contributed by atoms with Crippen LogP contribution in [0.15, 0.2) is 24.5 Å². The van der Waals surface area contributed by atoms with E-state index in [1.807, 2.05) is 25.3 Å². The van der Waals surface area contributed by atoms with Crippen molar-refractivity contribution in [2.75, 3.05) is 0 Å². The fourth-order valence-electron chi connectivity index (χ4n) is 1.12. The van der Waals surface area contributed by atoms with Crippen molar-refractivity contribution in [1.82, 2.24) is 9.97 Å². The molecule has 1 unspecified atom stereocenters. The van der Waals surface area contributed by atoms with Gasteiger partial charge in [-0.25, -0.2) is 4.98 Å². The summed E-state index contributed by atoms with van der Waals surface area (Å²) in [6.07, 6.45) is 3.57. The number of aromatic nitrogens is 2. The maximum absolute atomic E-state index is 5.76. The first-order chi connectivity index (χ1) is 6.27. The van der Waals surface area contributed by atoms with Crippen LogP contribution in [0.5, 0.6) is 0 Å². The highest BCUT2D eigenvalue weighted by Crippen LogP contribution is 2.27. The lowest BCUT2D eigenvalue weighted by molar-refractivity contribution is 0.838. The summed E-state index contributed by atoms with van der Waals surface area (Å²) < 4.78 is 0. The summed E-state index contributed by atoms with van der Waals surface area (Å²) in [5.41, 5.74) is 5.76. The van der Waals surface area contributed by atoms with Crippen LogP contribution >= 0.6 is 11.3 Å². The minimum absolute atomic E-state index is 0.105. The number of aromatic amines is 1. The van der Waals surface area contributed by atoms with Crippen molar-refractivity contribution in [2.45, 2.75) is 13.0 Å². The van der Waals surface area contributed by atoms with E-state index in [1.165, 1.54) is 4.88 Å². The molecule has 3 N–H and O–H groups in total. The van der Waals surface area contributed by atoms with Crippen molar-refractivity contribution in [3.63, 3.8) is 0 Å². The first-order valence-electron chi connectivity index (χ1n) is 4.12. The van der Waals surface area contributed by atoms with E-state index in [0.717, 1.165) is 10.7 Å². The molecule has 0 radical (unpaired) electrons. The lowest BCUT2D eigenvalue weighted by atomic mass is 10.3. The van der Waals surface area contributed by atoms with Crippen LogP contribution in [0.2, 0.25) is 0 Å². The van der Waals surface area contributed by atoms with Gasteiger partial charge >= 0.3 is 0 Å². The standard InChI is InChI=1S/C9H11N3S/c1-6(10)7-2-3-8(13-7)9-11-4-5-12-9/h2-6H,10H2,1H3,(H,11,12).